The Balaban J connectivity index is 1.54. The summed E-state index contributed by atoms with van der Waals surface area (Å²) < 4.78 is 22.4. The quantitative estimate of drug-likeness (QED) is 0.729. The van der Waals surface area contributed by atoms with E-state index in [1.54, 1.807) is 21.3 Å². The molecule has 1 saturated carbocycles. The second-order valence-electron chi connectivity index (χ2n) is 7.12. The summed E-state index contributed by atoms with van der Waals surface area (Å²) in [7, 11) is 4.78. The normalized spacial score (nSPS) is 19.8. The maximum absolute atomic E-state index is 12.7. The summed E-state index contributed by atoms with van der Waals surface area (Å²) >= 11 is 0. The van der Waals surface area contributed by atoms with Crippen LogP contribution in [0.3, 0.4) is 0 Å². The molecule has 0 aliphatic heterocycles. The van der Waals surface area contributed by atoms with Crippen molar-refractivity contribution in [1.82, 2.24) is 5.32 Å². The van der Waals surface area contributed by atoms with E-state index >= 15 is 0 Å². The van der Waals surface area contributed by atoms with E-state index in [1.807, 2.05) is 48.5 Å². The lowest BCUT2D eigenvalue weighted by atomic mass is 9.92. The Morgan fingerprint density at radius 3 is 2.21 bits per heavy atom. The molecule has 1 amide bonds. The summed E-state index contributed by atoms with van der Waals surface area (Å²) in [4.78, 5) is 12.7. The van der Waals surface area contributed by atoms with Gasteiger partial charge in [0.25, 0.3) is 5.91 Å². The minimum Gasteiger partial charge on any atom is -0.493 e. The van der Waals surface area contributed by atoms with Crippen molar-refractivity contribution in [1.29, 1.82) is 0 Å². The molecule has 156 valence electrons. The van der Waals surface area contributed by atoms with Crippen LogP contribution in [0.2, 0.25) is 0 Å². The highest BCUT2D eigenvalue weighted by Gasteiger charge is 2.28. The lowest BCUT2D eigenvalue weighted by molar-refractivity contribution is -0.132. The molecule has 29 heavy (non-hydrogen) atoms. The van der Waals surface area contributed by atoms with Gasteiger partial charge in [0.1, 0.15) is 0 Å². The zero-order valence-corrected chi connectivity index (χ0v) is 17.2. The number of methoxy groups -OCH3 is 3. The van der Waals surface area contributed by atoms with Gasteiger partial charge in [0.15, 0.2) is 17.6 Å². The van der Waals surface area contributed by atoms with Gasteiger partial charge in [-0.15, -0.1) is 0 Å². The largest absolute Gasteiger partial charge is 0.493 e. The molecule has 0 radical (unpaired) electrons. The SMILES string of the molecule is COc1cccc(OC2CCC(NC(=O)[C@H](OC)c3ccccc3)CC2)c1OC. The van der Waals surface area contributed by atoms with E-state index in [0.29, 0.717) is 17.2 Å². The number of para-hydroxylation sites is 1. The van der Waals surface area contributed by atoms with Crippen molar-refractivity contribution in [3.05, 3.63) is 54.1 Å². The van der Waals surface area contributed by atoms with Gasteiger partial charge >= 0.3 is 0 Å². The molecular weight excluding hydrogens is 370 g/mol. The Morgan fingerprint density at radius 2 is 1.59 bits per heavy atom. The summed E-state index contributed by atoms with van der Waals surface area (Å²) in [5, 5.41) is 3.13. The van der Waals surface area contributed by atoms with Crippen LogP contribution >= 0.6 is 0 Å². The number of carbonyl (C=O) groups excluding carboxylic acids is 1. The number of nitrogens with one attached hydrogen (secondary N) is 1. The van der Waals surface area contributed by atoms with Crippen LogP contribution in [0, 0.1) is 0 Å². The Morgan fingerprint density at radius 1 is 0.897 bits per heavy atom. The molecule has 0 saturated heterocycles. The lowest BCUT2D eigenvalue weighted by Gasteiger charge is -2.31. The molecule has 2 aromatic carbocycles. The van der Waals surface area contributed by atoms with Gasteiger partial charge < -0.3 is 24.3 Å². The molecule has 6 nitrogen and oxygen atoms in total. The highest BCUT2D eigenvalue weighted by Crippen LogP contribution is 2.38. The van der Waals surface area contributed by atoms with Crippen molar-refractivity contribution in [3.63, 3.8) is 0 Å². The second kappa shape index (κ2) is 10.2. The number of rotatable bonds is 8. The first-order chi connectivity index (χ1) is 14.2. The molecule has 1 aliphatic carbocycles. The summed E-state index contributed by atoms with van der Waals surface area (Å²) in [6.45, 7) is 0. The zero-order chi connectivity index (χ0) is 20.6. The van der Waals surface area contributed by atoms with E-state index in [9.17, 15) is 4.79 Å². The number of ether oxygens (including phenoxy) is 4. The van der Waals surface area contributed by atoms with Crippen LogP contribution in [0.4, 0.5) is 0 Å². The molecule has 3 rings (SSSR count). The molecule has 0 bridgehead atoms. The molecule has 1 N–H and O–H groups in total. The summed E-state index contributed by atoms with van der Waals surface area (Å²) in [5.74, 6) is 1.84. The standard InChI is InChI=1S/C23H29NO5/c1-26-19-10-7-11-20(22(19)28-3)29-18-14-12-17(13-15-18)24-23(25)21(27-2)16-8-5-4-6-9-16/h4-11,17-18,21H,12-15H2,1-3H3,(H,24,25)/t17?,18?,21-/m1/s1. The molecule has 1 fully saturated rings. The van der Waals surface area contributed by atoms with Gasteiger partial charge in [-0.25, -0.2) is 0 Å². The molecule has 0 aromatic heterocycles. The minimum atomic E-state index is -0.591. The van der Waals surface area contributed by atoms with Crippen LogP contribution in [0.15, 0.2) is 48.5 Å². The maximum atomic E-state index is 12.7. The third-order valence-corrected chi connectivity index (χ3v) is 5.26. The Kier molecular flexibility index (Phi) is 7.36. The first-order valence-corrected chi connectivity index (χ1v) is 9.92. The number of hydrogen-bond donors (Lipinski definition) is 1. The van der Waals surface area contributed by atoms with Gasteiger partial charge in [-0.1, -0.05) is 36.4 Å². The van der Waals surface area contributed by atoms with Gasteiger partial charge in [-0.3, -0.25) is 4.79 Å². The number of carbonyl (C=O) groups is 1. The van der Waals surface area contributed by atoms with Crippen molar-refractivity contribution >= 4 is 5.91 Å². The summed E-state index contributed by atoms with van der Waals surface area (Å²) in [5.41, 5.74) is 0.856. The molecule has 0 heterocycles. The van der Waals surface area contributed by atoms with Crippen LogP contribution in [0.5, 0.6) is 17.2 Å². The molecule has 2 aromatic rings. The average Bonchev–Trinajstić information content (AvgIpc) is 2.76. The number of hydrogen-bond acceptors (Lipinski definition) is 5. The fourth-order valence-corrected chi connectivity index (χ4v) is 3.75. The van der Waals surface area contributed by atoms with Crippen LogP contribution in [0.25, 0.3) is 0 Å². The molecule has 1 aliphatic rings. The highest BCUT2D eigenvalue weighted by atomic mass is 16.5. The first-order valence-electron chi connectivity index (χ1n) is 9.92. The number of benzene rings is 2. The van der Waals surface area contributed by atoms with E-state index in [2.05, 4.69) is 5.32 Å². The van der Waals surface area contributed by atoms with Crippen LogP contribution in [-0.2, 0) is 9.53 Å². The fraction of sp³-hybridized carbons (Fsp3) is 0.435. The van der Waals surface area contributed by atoms with Crippen molar-refractivity contribution in [3.8, 4) is 17.2 Å². The molecular formula is C23H29NO5. The van der Waals surface area contributed by atoms with Crippen LogP contribution in [-0.4, -0.2) is 39.4 Å². The Hall–Kier alpha value is -2.73. The van der Waals surface area contributed by atoms with E-state index < -0.39 is 6.10 Å². The predicted molar refractivity (Wildman–Crippen MR) is 111 cm³/mol. The maximum Gasteiger partial charge on any atom is 0.253 e. The van der Waals surface area contributed by atoms with Gasteiger partial charge in [-0.05, 0) is 43.4 Å². The highest BCUT2D eigenvalue weighted by molar-refractivity contribution is 5.82. The van der Waals surface area contributed by atoms with Crippen LogP contribution < -0.4 is 19.5 Å². The lowest BCUT2D eigenvalue weighted by Crippen LogP contribution is -2.42. The van der Waals surface area contributed by atoms with E-state index in [4.69, 9.17) is 18.9 Å². The summed E-state index contributed by atoms with van der Waals surface area (Å²) in [6, 6.07) is 15.3. The van der Waals surface area contributed by atoms with Crippen molar-refractivity contribution in [2.24, 2.45) is 0 Å². The summed E-state index contributed by atoms with van der Waals surface area (Å²) in [6.07, 6.45) is 2.91. The predicted octanol–water partition coefficient (Wildman–Crippen LogP) is 3.90. The second-order valence-corrected chi connectivity index (χ2v) is 7.12. The third kappa shape index (κ3) is 5.21. The smallest absolute Gasteiger partial charge is 0.253 e. The topological polar surface area (TPSA) is 66.0 Å². The monoisotopic (exact) mass is 399 g/mol. The Labute approximate surface area is 172 Å². The molecule has 0 unspecified atom stereocenters. The van der Waals surface area contributed by atoms with Crippen LogP contribution in [0.1, 0.15) is 37.4 Å². The van der Waals surface area contributed by atoms with Crippen molar-refractivity contribution in [2.45, 2.75) is 43.9 Å². The fourth-order valence-electron chi connectivity index (χ4n) is 3.75. The minimum absolute atomic E-state index is 0.0801. The molecule has 0 spiro atoms. The van der Waals surface area contributed by atoms with Crippen molar-refractivity contribution in [2.75, 3.05) is 21.3 Å². The van der Waals surface area contributed by atoms with Gasteiger partial charge in [0.2, 0.25) is 5.75 Å². The van der Waals surface area contributed by atoms with E-state index in [0.717, 1.165) is 31.2 Å². The zero-order valence-electron chi connectivity index (χ0n) is 17.2. The van der Waals surface area contributed by atoms with Gasteiger partial charge in [-0.2, -0.15) is 0 Å². The Bertz CT molecular complexity index is 787. The van der Waals surface area contributed by atoms with Gasteiger partial charge in [0, 0.05) is 13.2 Å². The average molecular weight is 399 g/mol. The first kappa shape index (κ1) is 21.0. The molecule has 1 atom stereocenters. The molecule has 6 heteroatoms. The van der Waals surface area contributed by atoms with Gasteiger partial charge in [0.05, 0.1) is 20.3 Å². The van der Waals surface area contributed by atoms with Crippen molar-refractivity contribution < 1.29 is 23.7 Å². The van der Waals surface area contributed by atoms with E-state index in [-0.39, 0.29) is 18.1 Å². The van der Waals surface area contributed by atoms with E-state index in [1.165, 1.54) is 0 Å². The number of amides is 1. The third-order valence-electron chi connectivity index (χ3n) is 5.26.